The lowest BCUT2D eigenvalue weighted by Crippen LogP contribution is -2.07. The van der Waals surface area contributed by atoms with Crippen LogP contribution in [0.3, 0.4) is 0 Å². The highest BCUT2D eigenvalue weighted by Gasteiger charge is 2.30. The predicted molar refractivity (Wildman–Crippen MR) is 108 cm³/mol. The van der Waals surface area contributed by atoms with Gasteiger partial charge in [-0.1, -0.05) is 28.6 Å². The second-order valence-corrected chi connectivity index (χ2v) is 7.16. The van der Waals surface area contributed by atoms with Gasteiger partial charge in [0.05, 0.1) is 22.9 Å². The molecule has 1 aliphatic rings. The van der Waals surface area contributed by atoms with Crippen LogP contribution < -0.4 is 10.0 Å². The van der Waals surface area contributed by atoms with Crippen LogP contribution in [0.4, 0.5) is 0 Å². The minimum Gasteiger partial charge on any atom is -0.461 e. The van der Waals surface area contributed by atoms with Crippen LogP contribution in [0, 0.1) is 0 Å². The molecular formula is C19H17N3O4S2. The van der Waals surface area contributed by atoms with Gasteiger partial charge in [0.1, 0.15) is 12.2 Å². The Kier molecular flexibility index (Phi) is 5.58. The number of thioether (sulfide) groups is 1. The van der Waals surface area contributed by atoms with Crippen LogP contribution in [-0.2, 0) is 14.8 Å². The zero-order chi connectivity index (χ0) is 19.5. The first-order chi connectivity index (χ1) is 13.7. The van der Waals surface area contributed by atoms with Crippen molar-refractivity contribution in [3.05, 3.63) is 59.8 Å². The second kappa shape index (κ2) is 8.27. The average Bonchev–Trinajstić information content (AvgIpc) is 3.13. The number of hydrogen-bond acceptors (Lipinski definition) is 8. The molecule has 0 bridgehead atoms. The maximum atomic E-state index is 12.5. The molecule has 0 atom stereocenters. The molecule has 28 heavy (non-hydrogen) atoms. The smallest absolute Gasteiger partial charge is 0.360 e. The highest BCUT2D eigenvalue weighted by Crippen LogP contribution is 2.44. The molecule has 0 amide bonds. The van der Waals surface area contributed by atoms with E-state index in [0.29, 0.717) is 30.3 Å². The van der Waals surface area contributed by atoms with Crippen LogP contribution >= 0.6 is 24.0 Å². The van der Waals surface area contributed by atoms with E-state index in [9.17, 15) is 4.79 Å². The topological polar surface area (TPSA) is 88.6 Å². The zero-order valence-electron chi connectivity index (χ0n) is 15.0. The number of fused-ring (bicyclic) bond motifs is 3. The Labute approximate surface area is 170 Å². The molecule has 0 aliphatic carbocycles. The van der Waals surface area contributed by atoms with Crippen LogP contribution in [0.5, 0.6) is 5.75 Å². The molecule has 9 heteroatoms. The summed E-state index contributed by atoms with van der Waals surface area (Å²) in [6.07, 6.45) is 0. The van der Waals surface area contributed by atoms with Crippen LogP contribution in [0.1, 0.15) is 23.0 Å². The van der Waals surface area contributed by atoms with Gasteiger partial charge in [0, 0.05) is 11.3 Å². The lowest BCUT2D eigenvalue weighted by atomic mass is 10.0. The molecule has 2 heterocycles. The SMILES string of the molecule is CCOC(=O)c1nn(-c2ccc(OOSN)cc2)c2c1SCc1ccccc1-2. The minimum absolute atomic E-state index is 0.299. The summed E-state index contributed by atoms with van der Waals surface area (Å²) in [5, 5.41) is 9.78. The first-order valence-corrected chi connectivity index (χ1v) is 10.3. The maximum Gasteiger partial charge on any atom is 0.360 e. The summed E-state index contributed by atoms with van der Waals surface area (Å²) in [5.41, 5.74) is 4.26. The van der Waals surface area contributed by atoms with Crippen molar-refractivity contribution in [2.45, 2.75) is 17.6 Å². The summed E-state index contributed by atoms with van der Waals surface area (Å²) in [4.78, 5) is 18.3. The van der Waals surface area contributed by atoms with Gasteiger partial charge in [-0.3, -0.25) is 5.14 Å². The molecule has 2 aromatic carbocycles. The zero-order valence-corrected chi connectivity index (χ0v) is 16.6. The normalized spacial score (nSPS) is 12.2. The van der Waals surface area contributed by atoms with E-state index < -0.39 is 5.97 Å². The monoisotopic (exact) mass is 415 g/mol. The number of aromatic nitrogens is 2. The quantitative estimate of drug-likeness (QED) is 0.211. The van der Waals surface area contributed by atoms with Crippen LogP contribution in [-0.4, -0.2) is 22.4 Å². The van der Waals surface area contributed by atoms with Crippen molar-refractivity contribution in [2.24, 2.45) is 5.14 Å². The summed E-state index contributed by atoms with van der Waals surface area (Å²) < 4.78 is 11.7. The van der Waals surface area contributed by atoms with Gasteiger partial charge in [-0.05, 0) is 36.8 Å². The number of nitrogens with two attached hydrogens (primary N) is 1. The molecule has 7 nitrogen and oxygen atoms in total. The van der Waals surface area contributed by atoms with Gasteiger partial charge in [0.2, 0.25) is 0 Å². The van der Waals surface area contributed by atoms with Crippen molar-refractivity contribution in [3.8, 4) is 22.7 Å². The molecule has 0 saturated heterocycles. The number of ether oxygens (including phenoxy) is 1. The summed E-state index contributed by atoms with van der Waals surface area (Å²) in [6.45, 7) is 2.08. The molecule has 0 fully saturated rings. The molecule has 144 valence electrons. The third kappa shape index (κ3) is 3.49. The molecule has 3 aromatic rings. The number of carbonyl (C=O) groups excluding carboxylic acids is 1. The molecule has 2 N–H and O–H groups in total. The Balaban J connectivity index is 1.82. The fraction of sp³-hybridized carbons (Fsp3) is 0.158. The first-order valence-electron chi connectivity index (χ1n) is 8.54. The van der Waals surface area contributed by atoms with Gasteiger partial charge < -0.3 is 9.62 Å². The van der Waals surface area contributed by atoms with Crippen molar-refractivity contribution in [2.75, 3.05) is 6.61 Å². The van der Waals surface area contributed by atoms with Crippen molar-refractivity contribution in [1.82, 2.24) is 9.78 Å². The standard InChI is InChI=1S/C19H17N3O4S2/c1-2-24-19(23)16-18-17(15-6-4-3-5-12(15)11-27-18)22(21-16)13-7-9-14(10-8-13)25-26-28-20/h3-10H,2,11,20H2,1H3. The number of nitrogens with zero attached hydrogens (tertiary/aromatic N) is 2. The molecule has 0 unspecified atom stereocenters. The van der Waals surface area contributed by atoms with Gasteiger partial charge in [-0.15, -0.1) is 11.8 Å². The lowest BCUT2D eigenvalue weighted by molar-refractivity contribution is -0.0777. The van der Waals surface area contributed by atoms with E-state index in [4.69, 9.17) is 14.8 Å². The number of carbonyl (C=O) groups is 1. The van der Waals surface area contributed by atoms with E-state index in [2.05, 4.69) is 15.5 Å². The van der Waals surface area contributed by atoms with Gasteiger partial charge in [-0.2, -0.15) is 5.10 Å². The predicted octanol–water partition coefficient (Wildman–Crippen LogP) is 4.15. The number of benzene rings is 2. The molecular weight excluding hydrogens is 398 g/mol. The minimum atomic E-state index is -0.419. The van der Waals surface area contributed by atoms with Gasteiger partial charge in [0.15, 0.2) is 11.4 Å². The molecule has 0 radical (unpaired) electrons. The van der Waals surface area contributed by atoms with Crippen molar-refractivity contribution in [1.29, 1.82) is 0 Å². The fourth-order valence-corrected chi connectivity index (χ4v) is 4.29. The number of esters is 1. The van der Waals surface area contributed by atoms with Crippen LogP contribution in [0.15, 0.2) is 53.4 Å². The fourth-order valence-electron chi connectivity index (χ4n) is 3.03. The van der Waals surface area contributed by atoms with Gasteiger partial charge >= 0.3 is 5.97 Å². The number of hydrogen-bond donors (Lipinski definition) is 1. The molecule has 0 spiro atoms. The van der Waals surface area contributed by atoms with Crippen molar-refractivity contribution < 1.29 is 18.8 Å². The largest absolute Gasteiger partial charge is 0.461 e. The van der Waals surface area contributed by atoms with E-state index in [1.165, 1.54) is 5.56 Å². The Bertz CT molecular complexity index is 1000. The summed E-state index contributed by atoms with van der Waals surface area (Å²) >= 11 is 2.22. The lowest BCUT2D eigenvalue weighted by Gasteiger charge is -2.18. The summed E-state index contributed by atoms with van der Waals surface area (Å²) in [6, 6.07) is 15.3. The first kappa shape index (κ1) is 18.9. The van der Waals surface area contributed by atoms with E-state index in [1.54, 1.807) is 35.5 Å². The van der Waals surface area contributed by atoms with E-state index >= 15 is 0 Å². The molecule has 4 rings (SSSR count). The van der Waals surface area contributed by atoms with E-state index in [1.807, 2.05) is 30.3 Å². The Morgan fingerprint density at radius 3 is 2.79 bits per heavy atom. The molecule has 1 aromatic heterocycles. The van der Waals surface area contributed by atoms with Crippen molar-refractivity contribution in [3.63, 3.8) is 0 Å². The Hall–Kier alpha value is -2.46. The third-order valence-corrected chi connectivity index (χ3v) is 5.48. The second-order valence-electron chi connectivity index (χ2n) is 5.85. The molecule has 0 saturated carbocycles. The summed E-state index contributed by atoms with van der Waals surface area (Å²) in [5.74, 6) is 0.864. The van der Waals surface area contributed by atoms with Crippen LogP contribution in [0.25, 0.3) is 16.9 Å². The van der Waals surface area contributed by atoms with Gasteiger partial charge in [0.25, 0.3) is 0 Å². The van der Waals surface area contributed by atoms with Gasteiger partial charge in [-0.25, -0.2) is 9.48 Å². The highest BCUT2D eigenvalue weighted by atomic mass is 32.2. The summed E-state index contributed by atoms with van der Waals surface area (Å²) in [7, 11) is 0. The van der Waals surface area contributed by atoms with E-state index in [-0.39, 0.29) is 0 Å². The maximum absolute atomic E-state index is 12.5. The Morgan fingerprint density at radius 1 is 1.25 bits per heavy atom. The van der Waals surface area contributed by atoms with E-state index in [0.717, 1.165) is 27.6 Å². The number of rotatable bonds is 6. The third-order valence-electron chi connectivity index (χ3n) is 4.21. The Morgan fingerprint density at radius 2 is 2.04 bits per heavy atom. The molecule has 1 aliphatic heterocycles. The van der Waals surface area contributed by atoms with Crippen LogP contribution in [0.2, 0.25) is 0 Å². The highest BCUT2D eigenvalue weighted by molar-refractivity contribution is 7.98. The van der Waals surface area contributed by atoms with Crippen molar-refractivity contribution >= 4 is 30.0 Å². The average molecular weight is 415 g/mol.